The standard InChI is InChI=1S/C14H18O2/c1-11(2)12-5-7-13(8-6-12)16-14(3)9-4-10-15-14/h5-8H,1,4,9-10H2,2-3H3. The third kappa shape index (κ3) is 2.45. The first-order chi connectivity index (χ1) is 7.59. The molecule has 2 nitrogen and oxygen atoms in total. The average molecular weight is 218 g/mol. The van der Waals surface area contributed by atoms with E-state index < -0.39 is 5.79 Å². The molecule has 1 saturated heterocycles. The van der Waals surface area contributed by atoms with Gasteiger partial charge in [0.05, 0.1) is 6.61 Å². The van der Waals surface area contributed by atoms with E-state index in [2.05, 4.69) is 6.58 Å². The Balaban J connectivity index is 2.07. The molecule has 1 atom stereocenters. The number of hydrogen-bond acceptors (Lipinski definition) is 2. The van der Waals surface area contributed by atoms with E-state index in [1.54, 1.807) is 0 Å². The van der Waals surface area contributed by atoms with Crippen LogP contribution in [0.3, 0.4) is 0 Å². The Hall–Kier alpha value is -1.28. The van der Waals surface area contributed by atoms with Crippen LogP contribution in [0.1, 0.15) is 32.3 Å². The minimum atomic E-state index is -0.440. The predicted octanol–water partition coefficient (Wildman–Crippen LogP) is 3.63. The van der Waals surface area contributed by atoms with E-state index in [0.29, 0.717) is 0 Å². The first-order valence-electron chi connectivity index (χ1n) is 5.68. The lowest BCUT2D eigenvalue weighted by atomic mass is 10.1. The maximum Gasteiger partial charge on any atom is 0.207 e. The molecule has 1 aromatic rings. The van der Waals surface area contributed by atoms with E-state index in [9.17, 15) is 0 Å². The Bertz CT molecular complexity index is 372. The van der Waals surface area contributed by atoms with Gasteiger partial charge in [0.25, 0.3) is 0 Å². The molecule has 2 heteroatoms. The van der Waals surface area contributed by atoms with Crippen LogP contribution >= 0.6 is 0 Å². The molecule has 1 heterocycles. The van der Waals surface area contributed by atoms with Gasteiger partial charge in [0.2, 0.25) is 5.79 Å². The van der Waals surface area contributed by atoms with Gasteiger partial charge in [-0.3, -0.25) is 0 Å². The molecule has 16 heavy (non-hydrogen) atoms. The van der Waals surface area contributed by atoms with Crippen molar-refractivity contribution in [2.45, 2.75) is 32.5 Å². The fraction of sp³-hybridized carbons (Fsp3) is 0.429. The minimum absolute atomic E-state index is 0.440. The highest BCUT2D eigenvalue weighted by Gasteiger charge is 2.31. The summed E-state index contributed by atoms with van der Waals surface area (Å²) in [4.78, 5) is 0. The Kier molecular flexibility index (Phi) is 3.01. The normalized spacial score (nSPS) is 24.4. The number of benzene rings is 1. The third-order valence-electron chi connectivity index (χ3n) is 2.86. The molecular weight excluding hydrogens is 200 g/mol. The zero-order valence-corrected chi connectivity index (χ0v) is 9.95. The molecule has 0 amide bonds. The highest BCUT2D eigenvalue weighted by Crippen LogP contribution is 2.29. The number of allylic oxidation sites excluding steroid dienone is 1. The molecule has 1 fully saturated rings. The van der Waals surface area contributed by atoms with Gasteiger partial charge in [0.15, 0.2) is 0 Å². The molecule has 1 aliphatic heterocycles. The fourth-order valence-electron chi connectivity index (χ4n) is 1.89. The summed E-state index contributed by atoms with van der Waals surface area (Å²) < 4.78 is 11.4. The van der Waals surface area contributed by atoms with E-state index in [1.807, 2.05) is 38.1 Å². The van der Waals surface area contributed by atoms with Crippen molar-refractivity contribution in [2.24, 2.45) is 0 Å². The number of ether oxygens (including phenoxy) is 2. The Morgan fingerprint density at radius 1 is 1.38 bits per heavy atom. The molecule has 0 spiro atoms. The first-order valence-corrected chi connectivity index (χ1v) is 5.68. The largest absolute Gasteiger partial charge is 0.463 e. The van der Waals surface area contributed by atoms with Crippen LogP contribution in [0, 0.1) is 0 Å². The van der Waals surface area contributed by atoms with E-state index in [0.717, 1.165) is 36.3 Å². The summed E-state index contributed by atoms with van der Waals surface area (Å²) in [7, 11) is 0. The second-order valence-electron chi connectivity index (χ2n) is 4.49. The van der Waals surface area contributed by atoms with Crippen LogP contribution in [-0.2, 0) is 4.74 Å². The van der Waals surface area contributed by atoms with Crippen LogP contribution in [0.2, 0.25) is 0 Å². The highest BCUT2D eigenvalue weighted by atomic mass is 16.7. The van der Waals surface area contributed by atoms with Crippen molar-refractivity contribution in [1.82, 2.24) is 0 Å². The summed E-state index contributed by atoms with van der Waals surface area (Å²) >= 11 is 0. The van der Waals surface area contributed by atoms with Crippen molar-refractivity contribution in [3.8, 4) is 5.75 Å². The van der Waals surface area contributed by atoms with Gasteiger partial charge in [0, 0.05) is 13.3 Å². The van der Waals surface area contributed by atoms with Crippen LogP contribution in [0.5, 0.6) is 5.75 Å². The number of rotatable bonds is 3. The summed E-state index contributed by atoms with van der Waals surface area (Å²) in [6, 6.07) is 7.99. The molecule has 2 rings (SSSR count). The molecule has 86 valence electrons. The highest BCUT2D eigenvalue weighted by molar-refractivity contribution is 5.61. The quantitative estimate of drug-likeness (QED) is 0.771. The molecule has 0 N–H and O–H groups in total. The molecule has 0 aromatic heterocycles. The molecule has 1 unspecified atom stereocenters. The Morgan fingerprint density at radius 2 is 2.06 bits per heavy atom. The molecule has 0 saturated carbocycles. The van der Waals surface area contributed by atoms with Crippen molar-refractivity contribution in [1.29, 1.82) is 0 Å². The Morgan fingerprint density at radius 3 is 2.56 bits per heavy atom. The van der Waals surface area contributed by atoms with Gasteiger partial charge in [-0.25, -0.2) is 0 Å². The fourth-order valence-corrected chi connectivity index (χ4v) is 1.89. The lowest BCUT2D eigenvalue weighted by molar-refractivity contribution is -0.134. The van der Waals surface area contributed by atoms with Gasteiger partial charge in [-0.05, 0) is 31.0 Å². The van der Waals surface area contributed by atoms with Crippen molar-refractivity contribution < 1.29 is 9.47 Å². The van der Waals surface area contributed by atoms with Gasteiger partial charge >= 0.3 is 0 Å². The van der Waals surface area contributed by atoms with Crippen molar-refractivity contribution in [2.75, 3.05) is 6.61 Å². The summed E-state index contributed by atoms with van der Waals surface area (Å²) in [5.74, 6) is 0.416. The predicted molar refractivity (Wildman–Crippen MR) is 65.4 cm³/mol. The first kappa shape index (κ1) is 11.2. The van der Waals surface area contributed by atoms with E-state index in [1.165, 1.54) is 0 Å². The monoisotopic (exact) mass is 218 g/mol. The van der Waals surface area contributed by atoms with E-state index in [-0.39, 0.29) is 0 Å². The number of hydrogen-bond donors (Lipinski definition) is 0. The topological polar surface area (TPSA) is 18.5 Å². The zero-order chi connectivity index (χ0) is 11.6. The smallest absolute Gasteiger partial charge is 0.207 e. The summed E-state index contributed by atoms with van der Waals surface area (Å²) in [5.41, 5.74) is 2.21. The van der Waals surface area contributed by atoms with Crippen molar-refractivity contribution in [3.05, 3.63) is 36.4 Å². The minimum Gasteiger partial charge on any atom is -0.463 e. The second kappa shape index (κ2) is 4.30. The van der Waals surface area contributed by atoms with Gasteiger partial charge in [0.1, 0.15) is 5.75 Å². The molecule has 1 aromatic carbocycles. The molecule has 0 radical (unpaired) electrons. The van der Waals surface area contributed by atoms with Gasteiger partial charge < -0.3 is 9.47 Å². The lowest BCUT2D eigenvalue weighted by Crippen LogP contribution is -2.30. The van der Waals surface area contributed by atoms with Crippen molar-refractivity contribution >= 4 is 5.57 Å². The molecule has 1 aliphatic rings. The van der Waals surface area contributed by atoms with E-state index >= 15 is 0 Å². The average Bonchev–Trinajstić information content (AvgIpc) is 2.65. The van der Waals surface area contributed by atoms with Crippen LogP contribution in [0.15, 0.2) is 30.8 Å². The maximum atomic E-state index is 5.85. The maximum absolute atomic E-state index is 5.85. The molecular formula is C14H18O2. The third-order valence-corrected chi connectivity index (χ3v) is 2.86. The van der Waals surface area contributed by atoms with Crippen LogP contribution < -0.4 is 4.74 Å². The Labute approximate surface area is 96.9 Å². The van der Waals surface area contributed by atoms with Crippen LogP contribution in [-0.4, -0.2) is 12.4 Å². The summed E-state index contributed by atoms with van der Waals surface area (Å²) in [6.45, 7) is 8.69. The summed E-state index contributed by atoms with van der Waals surface area (Å²) in [6.07, 6.45) is 2.02. The zero-order valence-electron chi connectivity index (χ0n) is 9.95. The van der Waals surface area contributed by atoms with E-state index in [4.69, 9.17) is 9.47 Å². The molecule has 0 aliphatic carbocycles. The second-order valence-corrected chi connectivity index (χ2v) is 4.49. The van der Waals surface area contributed by atoms with Gasteiger partial charge in [-0.2, -0.15) is 0 Å². The van der Waals surface area contributed by atoms with Crippen LogP contribution in [0.4, 0.5) is 0 Å². The summed E-state index contributed by atoms with van der Waals surface area (Å²) in [5, 5.41) is 0. The van der Waals surface area contributed by atoms with Crippen molar-refractivity contribution in [3.63, 3.8) is 0 Å². The van der Waals surface area contributed by atoms with Crippen LogP contribution in [0.25, 0.3) is 5.57 Å². The lowest BCUT2D eigenvalue weighted by Gasteiger charge is -2.24. The molecule has 0 bridgehead atoms. The van der Waals surface area contributed by atoms with Gasteiger partial charge in [-0.1, -0.05) is 24.3 Å². The van der Waals surface area contributed by atoms with Gasteiger partial charge in [-0.15, -0.1) is 0 Å². The SMILES string of the molecule is C=C(C)c1ccc(OC2(C)CCCO2)cc1.